The van der Waals surface area contributed by atoms with Crippen LogP contribution in [0.1, 0.15) is 103 Å². The predicted molar refractivity (Wildman–Crippen MR) is 158 cm³/mol. The highest BCUT2D eigenvalue weighted by Gasteiger charge is 2.24. The number of hydrogen-bond donors (Lipinski definition) is 3. The van der Waals surface area contributed by atoms with E-state index in [9.17, 15) is 9.59 Å². The summed E-state index contributed by atoms with van der Waals surface area (Å²) in [4.78, 5) is 23.3. The smallest absolute Gasteiger partial charge is 0.239 e. The molecule has 0 spiro atoms. The van der Waals surface area contributed by atoms with Crippen LogP contribution < -0.4 is 20.7 Å². The normalized spacial score (nSPS) is 15.2. The van der Waals surface area contributed by atoms with E-state index in [1.165, 1.54) is 68.1 Å². The second kappa shape index (κ2) is 18.8. The predicted octanol–water partition coefficient (Wildman–Crippen LogP) is 5.88. The van der Waals surface area contributed by atoms with Crippen molar-refractivity contribution >= 4 is 11.8 Å². The lowest BCUT2D eigenvalue weighted by Gasteiger charge is -2.32. The first-order chi connectivity index (χ1) is 18.5. The number of ether oxygens (including phenoxy) is 1. The van der Waals surface area contributed by atoms with E-state index in [4.69, 9.17) is 4.74 Å². The van der Waals surface area contributed by atoms with E-state index in [0.29, 0.717) is 25.6 Å². The molecule has 1 aromatic rings. The SMILES string of the molecule is CCCC/C=C(\C)C(NCCOc1c(CC)cccc1CCCNC(=O)CNC(=O)CC)C1CCCCC1. The third kappa shape index (κ3) is 11.6. The number of benzene rings is 1. The van der Waals surface area contributed by atoms with Gasteiger partial charge < -0.3 is 20.7 Å². The monoisotopic (exact) mass is 527 g/mol. The molecule has 0 saturated heterocycles. The molecule has 214 valence electrons. The van der Waals surface area contributed by atoms with Gasteiger partial charge in [0.1, 0.15) is 12.4 Å². The summed E-state index contributed by atoms with van der Waals surface area (Å²) in [7, 11) is 0. The minimum atomic E-state index is -0.150. The van der Waals surface area contributed by atoms with E-state index in [0.717, 1.165) is 37.5 Å². The topological polar surface area (TPSA) is 79.5 Å². The number of para-hydroxylation sites is 1. The fourth-order valence-corrected chi connectivity index (χ4v) is 5.37. The number of unbranched alkanes of at least 4 members (excludes halogenated alkanes) is 2. The van der Waals surface area contributed by atoms with Gasteiger partial charge in [-0.2, -0.15) is 0 Å². The molecule has 1 aliphatic carbocycles. The Morgan fingerprint density at radius 3 is 2.47 bits per heavy atom. The summed E-state index contributed by atoms with van der Waals surface area (Å²) in [6, 6.07) is 6.83. The number of aryl methyl sites for hydroxylation is 2. The molecule has 6 nitrogen and oxygen atoms in total. The van der Waals surface area contributed by atoms with Crippen LogP contribution in [0.5, 0.6) is 5.75 Å². The van der Waals surface area contributed by atoms with Gasteiger partial charge in [-0.05, 0) is 62.5 Å². The van der Waals surface area contributed by atoms with E-state index in [-0.39, 0.29) is 18.4 Å². The van der Waals surface area contributed by atoms with Crippen LogP contribution in [0.4, 0.5) is 0 Å². The highest BCUT2D eigenvalue weighted by Crippen LogP contribution is 2.30. The molecule has 0 aromatic heterocycles. The van der Waals surface area contributed by atoms with Crippen LogP contribution >= 0.6 is 0 Å². The summed E-state index contributed by atoms with van der Waals surface area (Å²) in [5.41, 5.74) is 3.92. The van der Waals surface area contributed by atoms with Crippen LogP contribution in [0, 0.1) is 5.92 Å². The lowest BCUT2D eigenvalue weighted by atomic mass is 9.81. The molecule has 0 bridgehead atoms. The Bertz CT molecular complexity index is 862. The summed E-state index contributed by atoms with van der Waals surface area (Å²) >= 11 is 0. The Morgan fingerprint density at radius 1 is 1.00 bits per heavy atom. The van der Waals surface area contributed by atoms with Crippen molar-refractivity contribution in [2.45, 2.75) is 111 Å². The Balaban J connectivity index is 1.89. The van der Waals surface area contributed by atoms with Crippen molar-refractivity contribution < 1.29 is 14.3 Å². The molecule has 2 amide bonds. The van der Waals surface area contributed by atoms with Gasteiger partial charge in [0.05, 0.1) is 6.54 Å². The zero-order valence-corrected chi connectivity index (χ0v) is 24.5. The number of carbonyl (C=O) groups is 2. The third-order valence-corrected chi connectivity index (χ3v) is 7.62. The maximum Gasteiger partial charge on any atom is 0.239 e. The van der Waals surface area contributed by atoms with Gasteiger partial charge in [0.2, 0.25) is 11.8 Å². The van der Waals surface area contributed by atoms with Gasteiger partial charge in [0.25, 0.3) is 0 Å². The number of rotatable bonds is 18. The van der Waals surface area contributed by atoms with Crippen LogP contribution in [0.3, 0.4) is 0 Å². The molecule has 3 N–H and O–H groups in total. The van der Waals surface area contributed by atoms with E-state index in [2.05, 4.69) is 61.0 Å². The van der Waals surface area contributed by atoms with Gasteiger partial charge >= 0.3 is 0 Å². The Hall–Kier alpha value is -2.34. The van der Waals surface area contributed by atoms with Gasteiger partial charge in [-0.1, -0.05) is 82.7 Å². The van der Waals surface area contributed by atoms with Crippen LogP contribution in [0.15, 0.2) is 29.8 Å². The van der Waals surface area contributed by atoms with Gasteiger partial charge in [-0.3, -0.25) is 9.59 Å². The Kier molecular flexibility index (Phi) is 15.8. The molecule has 0 radical (unpaired) electrons. The van der Waals surface area contributed by atoms with Crippen molar-refractivity contribution in [3.63, 3.8) is 0 Å². The number of allylic oxidation sites excluding steroid dienone is 1. The van der Waals surface area contributed by atoms with Crippen molar-refractivity contribution in [1.29, 1.82) is 0 Å². The van der Waals surface area contributed by atoms with Gasteiger partial charge in [0, 0.05) is 25.6 Å². The summed E-state index contributed by atoms with van der Waals surface area (Å²) in [6.07, 6.45) is 15.8. The number of nitrogens with one attached hydrogen (secondary N) is 3. The number of hydrogen-bond acceptors (Lipinski definition) is 4. The second-order valence-electron chi connectivity index (χ2n) is 10.6. The molecule has 1 aliphatic rings. The van der Waals surface area contributed by atoms with E-state index in [1.54, 1.807) is 6.92 Å². The lowest BCUT2D eigenvalue weighted by molar-refractivity contribution is -0.125. The van der Waals surface area contributed by atoms with Gasteiger partial charge in [-0.25, -0.2) is 0 Å². The second-order valence-corrected chi connectivity index (χ2v) is 10.6. The summed E-state index contributed by atoms with van der Waals surface area (Å²) in [5, 5.41) is 9.37. The molecule has 1 aromatic carbocycles. The largest absolute Gasteiger partial charge is 0.492 e. The fraction of sp³-hybridized carbons (Fsp3) is 0.688. The molecule has 38 heavy (non-hydrogen) atoms. The molecule has 0 aliphatic heterocycles. The third-order valence-electron chi connectivity index (χ3n) is 7.62. The summed E-state index contributed by atoms with van der Waals surface area (Å²) in [6.45, 7) is 10.6. The zero-order chi connectivity index (χ0) is 27.6. The maximum atomic E-state index is 11.9. The van der Waals surface area contributed by atoms with Crippen molar-refractivity contribution in [2.24, 2.45) is 5.92 Å². The highest BCUT2D eigenvalue weighted by molar-refractivity contribution is 5.84. The molecule has 1 unspecified atom stereocenters. The maximum absolute atomic E-state index is 11.9. The van der Waals surface area contributed by atoms with Crippen molar-refractivity contribution in [1.82, 2.24) is 16.0 Å². The lowest BCUT2D eigenvalue weighted by Crippen LogP contribution is -2.40. The van der Waals surface area contributed by atoms with Crippen molar-refractivity contribution in [2.75, 3.05) is 26.2 Å². The van der Waals surface area contributed by atoms with E-state index in [1.807, 2.05) is 0 Å². The standard InChI is InChI=1S/C32H53N3O3/c1-5-8-10-15-25(4)31(27-16-11-9-12-17-27)34-22-23-38-32-26(6-2)18-13-19-28(32)20-14-21-33-30(37)24-35-29(36)7-3/h13,15,18-19,27,31,34H,5-12,14,16-17,20-24H2,1-4H3,(H,33,37)(H,35,36)/b25-15+. The van der Waals surface area contributed by atoms with E-state index < -0.39 is 0 Å². The molecule has 1 fully saturated rings. The molecule has 6 heteroatoms. The quantitative estimate of drug-likeness (QED) is 0.165. The minimum absolute atomic E-state index is 0.0362. The van der Waals surface area contributed by atoms with Crippen LogP contribution in [-0.2, 0) is 22.4 Å². The van der Waals surface area contributed by atoms with Crippen molar-refractivity contribution in [3.8, 4) is 5.75 Å². The molecular formula is C32H53N3O3. The molecule has 1 saturated carbocycles. The fourth-order valence-electron chi connectivity index (χ4n) is 5.37. The molecule has 1 atom stereocenters. The summed E-state index contributed by atoms with van der Waals surface area (Å²) < 4.78 is 6.41. The Morgan fingerprint density at radius 2 is 1.76 bits per heavy atom. The first kappa shape index (κ1) is 31.9. The first-order valence-electron chi connectivity index (χ1n) is 15.2. The number of carbonyl (C=O) groups excluding carboxylic acids is 2. The van der Waals surface area contributed by atoms with Crippen molar-refractivity contribution in [3.05, 3.63) is 41.0 Å². The highest BCUT2D eigenvalue weighted by atomic mass is 16.5. The summed E-state index contributed by atoms with van der Waals surface area (Å²) in [5.74, 6) is 1.47. The minimum Gasteiger partial charge on any atom is -0.492 e. The molecular weight excluding hydrogens is 474 g/mol. The van der Waals surface area contributed by atoms with Gasteiger partial charge in [0.15, 0.2) is 0 Å². The van der Waals surface area contributed by atoms with E-state index >= 15 is 0 Å². The molecule has 2 rings (SSSR count). The molecule has 0 heterocycles. The first-order valence-corrected chi connectivity index (χ1v) is 15.2. The van der Waals surface area contributed by atoms with Crippen LogP contribution in [0.2, 0.25) is 0 Å². The zero-order valence-electron chi connectivity index (χ0n) is 24.5. The van der Waals surface area contributed by atoms with Gasteiger partial charge in [-0.15, -0.1) is 0 Å². The number of amides is 2. The average Bonchev–Trinajstić information content (AvgIpc) is 2.94. The average molecular weight is 528 g/mol. The van der Waals surface area contributed by atoms with Crippen LogP contribution in [-0.4, -0.2) is 44.1 Å². The van der Waals surface area contributed by atoms with Crippen LogP contribution in [0.25, 0.3) is 0 Å². The Labute approximate surface area is 231 Å².